The first-order valence-corrected chi connectivity index (χ1v) is 13.3. The Morgan fingerprint density at radius 1 is 0.973 bits per heavy atom. The van der Waals surface area contributed by atoms with Crippen LogP contribution in [0.5, 0.6) is 0 Å². The normalized spacial score (nSPS) is 12.0. The summed E-state index contributed by atoms with van der Waals surface area (Å²) in [6.45, 7) is 2.10. The number of unbranched alkanes of at least 4 members (excludes halogenated alkanes) is 4. The Hall–Kier alpha value is -3.22. The highest BCUT2D eigenvalue weighted by molar-refractivity contribution is 7.89. The second kappa shape index (κ2) is 12.3. The van der Waals surface area contributed by atoms with Crippen molar-refractivity contribution in [2.45, 2.75) is 56.5 Å². The second-order valence-corrected chi connectivity index (χ2v) is 10.4. The molecule has 3 N–H and O–H groups in total. The summed E-state index contributed by atoms with van der Waals surface area (Å²) in [5.41, 5.74) is 2.56. The molecular formula is C25H29F3N4O4S. The molecule has 0 bridgehead atoms. The lowest BCUT2D eigenvalue weighted by Gasteiger charge is -2.10. The highest BCUT2D eigenvalue weighted by atomic mass is 32.2. The van der Waals surface area contributed by atoms with E-state index >= 15 is 0 Å². The first-order valence-electron chi connectivity index (χ1n) is 11.8. The van der Waals surface area contributed by atoms with Gasteiger partial charge in [0.1, 0.15) is 0 Å². The Labute approximate surface area is 213 Å². The lowest BCUT2D eigenvalue weighted by Crippen LogP contribution is -2.24. The minimum absolute atomic E-state index is 0.00801. The fourth-order valence-corrected chi connectivity index (χ4v) is 4.77. The quantitative estimate of drug-likeness (QED) is 0.171. The van der Waals surface area contributed by atoms with Crippen LogP contribution in [0.3, 0.4) is 0 Å². The number of halogens is 3. The summed E-state index contributed by atoms with van der Waals surface area (Å²) >= 11 is 0. The molecule has 8 nitrogen and oxygen atoms in total. The fourth-order valence-electron chi connectivity index (χ4n) is 3.70. The van der Waals surface area contributed by atoms with Crippen molar-refractivity contribution in [3.8, 4) is 16.9 Å². The van der Waals surface area contributed by atoms with Gasteiger partial charge in [0.2, 0.25) is 15.9 Å². The van der Waals surface area contributed by atoms with Crippen molar-refractivity contribution in [3.63, 3.8) is 0 Å². The summed E-state index contributed by atoms with van der Waals surface area (Å²) in [5.74, 6) is -0.432. The molecule has 3 aromatic rings. The van der Waals surface area contributed by atoms with Crippen molar-refractivity contribution < 1.29 is 31.6 Å². The summed E-state index contributed by atoms with van der Waals surface area (Å²) < 4.78 is 69.1. The number of aromatic nitrogens is 2. The van der Waals surface area contributed by atoms with Crippen LogP contribution in [0.1, 0.15) is 49.8 Å². The van der Waals surface area contributed by atoms with Crippen LogP contribution >= 0.6 is 0 Å². The molecule has 1 amide bonds. The molecule has 0 radical (unpaired) electrons. The zero-order chi connectivity index (χ0) is 27.1. The van der Waals surface area contributed by atoms with E-state index in [1.807, 2.05) is 6.92 Å². The molecular weight excluding hydrogens is 509 g/mol. The standard InChI is InChI=1S/C25H29F3N4O4S/c1-18-8-10-19(11-9-18)22-17-23(25(26,27)28)30-32(22)20-12-14-21(15-13-20)37(35,36)29-16-6-4-2-3-5-7-24(33)31-34/h8-15,17,29,34H,2-7,16H2,1H3,(H,31,33). The molecule has 1 heterocycles. The summed E-state index contributed by atoms with van der Waals surface area (Å²) in [4.78, 5) is 10.9. The molecule has 2 aromatic carbocycles. The SMILES string of the molecule is Cc1ccc(-c2cc(C(F)(F)F)nn2-c2ccc(S(=O)(=O)NCCCCCCCC(=O)NO)cc2)cc1. The van der Waals surface area contributed by atoms with Crippen LogP contribution < -0.4 is 10.2 Å². The first-order chi connectivity index (χ1) is 17.5. The summed E-state index contributed by atoms with van der Waals surface area (Å²) in [6, 6.07) is 13.5. The van der Waals surface area contributed by atoms with E-state index in [0.717, 1.165) is 35.6 Å². The maximum Gasteiger partial charge on any atom is 0.435 e. The monoisotopic (exact) mass is 538 g/mol. The van der Waals surface area contributed by atoms with Crippen molar-refractivity contribution >= 4 is 15.9 Å². The van der Waals surface area contributed by atoms with Crippen molar-refractivity contribution in [2.24, 2.45) is 0 Å². The van der Waals surface area contributed by atoms with E-state index < -0.39 is 27.8 Å². The lowest BCUT2D eigenvalue weighted by atomic mass is 10.1. The molecule has 0 atom stereocenters. The van der Waals surface area contributed by atoms with Crippen LogP contribution in [0.15, 0.2) is 59.5 Å². The van der Waals surface area contributed by atoms with Crippen LogP contribution in [0.4, 0.5) is 13.2 Å². The van der Waals surface area contributed by atoms with Crippen molar-refractivity contribution in [1.82, 2.24) is 20.0 Å². The van der Waals surface area contributed by atoms with Gasteiger partial charge in [-0.05, 0) is 50.1 Å². The zero-order valence-corrected chi connectivity index (χ0v) is 21.1. The maximum atomic E-state index is 13.4. The number of carbonyl (C=O) groups is 1. The highest BCUT2D eigenvalue weighted by Crippen LogP contribution is 2.33. The number of amides is 1. The number of benzene rings is 2. The molecule has 0 saturated carbocycles. The van der Waals surface area contributed by atoms with Gasteiger partial charge in [0.15, 0.2) is 5.69 Å². The van der Waals surface area contributed by atoms with Gasteiger partial charge in [-0.2, -0.15) is 18.3 Å². The number of hydroxylamine groups is 1. The second-order valence-electron chi connectivity index (χ2n) is 8.63. The third-order valence-corrected chi connectivity index (χ3v) is 7.21. The Bertz CT molecular complexity index is 1290. The fraction of sp³-hybridized carbons (Fsp3) is 0.360. The highest BCUT2D eigenvalue weighted by Gasteiger charge is 2.35. The number of alkyl halides is 3. The Morgan fingerprint density at radius 2 is 1.59 bits per heavy atom. The molecule has 0 saturated heterocycles. The average Bonchev–Trinajstić information content (AvgIpc) is 3.32. The number of sulfonamides is 1. The van der Waals surface area contributed by atoms with E-state index in [9.17, 15) is 26.4 Å². The molecule has 0 unspecified atom stereocenters. The van der Waals surface area contributed by atoms with E-state index in [4.69, 9.17) is 5.21 Å². The number of hydrogen-bond donors (Lipinski definition) is 3. The maximum absolute atomic E-state index is 13.4. The summed E-state index contributed by atoms with van der Waals surface area (Å²) in [7, 11) is -3.80. The third-order valence-electron chi connectivity index (χ3n) is 5.74. The lowest BCUT2D eigenvalue weighted by molar-refractivity contribution is -0.141. The van der Waals surface area contributed by atoms with E-state index in [1.165, 1.54) is 24.3 Å². The number of nitrogens with zero attached hydrogens (tertiary/aromatic N) is 2. The van der Waals surface area contributed by atoms with Crippen molar-refractivity contribution in [1.29, 1.82) is 0 Å². The van der Waals surface area contributed by atoms with Gasteiger partial charge in [0.25, 0.3) is 0 Å². The average molecular weight is 539 g/mol. The number of carbonyl (C=O) groups excluding carboxylic acids is 1. The van der Waals surface area contributed by atoms with E-state index in [0.29, 0.717) is 24.1 Å². The van der Waals surface area contributed by atoms with Crippen LogP contribution in [0.25, 0.3) is 16.9 Å². The molecule has 0 aliphatic carbocycles. The van der Waals surface area contributed by atoms with Crippen molar-refractivity contribution in [2.75, 3.05) is 6.54 Å². The van der Waals surface area contributed by atoms with E-state index in [1.54, 1.807) is 29.7 Å². The molecule has 0 spiro atoms. The van der Waals surface area contributed by atoms with Gasteiger partial charge >= 0.3 is 6.18 Å². The molecule has 200 valence electrons. The zero-order valence-electron chi connectivity index (χ0n) is 20.3. The molecule has 1 aromatic heterocycles. The number of hydrogen-bond acceptors (Lipinski definition) is 5. The van der Waals surface area contributed by atoms with Gasteiger partial charge in [-0.25, -0.2) is 23.3 Å². The topological polar surface area (TPSA) is 113 Å². The predicted molar refractivity (Wildman–Crippen MR) is 132 cm³/mol. The molecule has 0 aliphatic rings. The summed E-state index contributed by atoms with van der Waals surface area (Å²) in [6.07, 6.45) is -0.774. The molecule has 37 heavy (non-hydrogen) atoms. The first kappa shape index (κ1) is 28.4. The summed E-state index contributed by atoms with van der Waals surface area (Å²) in [5, 5.41) is 12.2. The van der Waals surface area contributed by atoms with Gasteiger partial charge in [-0.15, -0.1) is 0 Å². The number of rotatable bonds is 12. The van der Waals surface area contributed by atoms with Gasteiger partial charge in [-0.3, -0.25) is 10.0 Å². The Morgan fingerprint density at radius 3 is 2.22 bits per heavy atom. The molecule has 0 fully saturated rings. The van der Waals surface area contributed by atoms with E-state index in [-0.39, 0.29) is 23.6 Å². The minimum Gasteiger partial charge on any atom is -0.289 e. The van der Waals surface area contributed by atoms with Crippen molar-refractivity contribution in [3.05, 3.63) is 65.9 Å². The van der Waals surface area contributed by atoms with Gasteiger partial charge < -0.3 is 0 Å². The van der Waals surface area contributed by atoms with Crippen LogP contribution in [0.2, 0.25) is 0 Å². The molecule has 12 heteroatoms. The van der Waals surface area contributed by atoms with E-state index in [2.05, 4.69) is 9.82 Å². The Kier molecular flexibility index (Phi) is 9.46. The third kappa shape index (κ3) is 7.88. The van der Waals surface area contributed by atoms with Crippen LogP contribution in [-0.4, -0.2) is 35.9 Å². The largest absolute Gasteiger partial charge is 0.435 e. The minimum atomic E-state index is -4.63. The molecule has 0 aliphatic heterocycles. The number of aryl methyl sites for hydroxylation is 1. The van der Waals surface area contributed by atoms with Crippen LogP contribution in [0, 0.1) is 6.92 Å². The Balaban J connectivity index is 1.65. The van der Waals surface area contributed by atoms with Gasteiger partial charge in [0.05, 0.1) is 16.3 Å². The predicted octanol–water partition coefficient (Wildman–Crippen LogP) is 4.99. The number of nitrogens with one attached hydrogen (secondary N) is 2. The van der Waals surface area contributed by atoms with Gasteiger partial charge in [-0.1, -0.05) is 49.1 Å². The smallest absolute Gasteiger partial charge is 0.289 e. The van der Waals surface area contributed by atoms with Crippen LogP contribution in [-0.2, 0) is 21.0 Å². The van der Waals surface area contributed by atoms with Gasteiger partial charge in [0, 0.05) is 18.5 Å². The molecule has 3 rings (SSSR count).